The van der Waals surface area contributed by atoms with Crippen LogP contribution < -0.4 is 5.32 Å². The van der Waals surface area contributed by atoms with Crippen molar-refractivity contribution in [2.75, 3.05) is 0 Å². The zero-order valence-electron chi connectivity index (χ0n) is 8.93. The van der Waals surface area contributed by atoms with Gasteiger partial charge in [0.05, 0.1) is 0 Å². The van der Waals surface area contributed by atoms with Crippen LogP contribution in [0.15, 0.2) is 18.2 Å². The fraction of sp³-hybridized carbons (Fsp3) is 0.364. The topological polar surface area (TPSA) is 29.1 Å². The molecule has 1 amide bonds. The molecule has 1 aromatic carbocycles. The minimum absolute atomic E-state index is 0.0176. The van der Waals surface area contributed by atoms with Crippen LogP contribution in [0.2, 0.25) is 5.02 Å². The van der Waals surface area contributed by atoms with E-state index in [0.29, 0.717) is 0 Å². The normalized spacial score (nSPS) is 12.6. The van der Waals surface area contributed by atoms with Gasteiger partial charge in [0.2, 0.25) is 5.91 Å². The molecule has 16 heavy (non-hydrogen) atoms. The van der Waals surface area contributed by atoms with Crippen LogP contribution in [-0.4, -0.2) is 11.9 Å². The molecule has 0 spiro atoms. The van der Waals surface area contributed by atoms with Crippen molar-refractivity contribution in [1.82, 2.24) is 5.32 Å². The van der Waals surface area contributed by atoms with E-state index in [0.717, 1.165) is 0 Å². The van der Waals surface area contributed by atoms with Gasteiger partial charge in [-0.05, 0) is 26.0 Å². The molecule has 0 fully saturated rings. The molecule has 2 nitrogen and oxygen atoms in total. The number of nitrogens with one attached hydrogen (secondary N) is 1. The molecule has 1 rings (SSSR count). The SMILES string of the molecule is CC(C)NC(=O)C(Cl)c1c(F)cccc1Cl. The standard InChI is InChI=1S/C11H12Cl2FNO/c1-6(2)15-11(16)10(13)9-7(12)4-3-5-8(9)14/h3-6,10H,1-2H3,(H,15,16). The first-order chi connectivity index (χ1) is 7.43. The Morgan fingerprint density at radius 2 is 2.06 bits per heavy atom. The molecule has 0 aliphatic heterocycles. The fourth-order valence-electron chi connectivity index (χ4n) is 1.24. The Labute approximate surface area is 104 Å². The second-order valence-corrected chi connectivity index (χ2v) is 4.50. The Morgan fingerprint density at radius 1 is 1.44 bits per heavy atom. The zero-order valence-corrected chi connectivity index (χ0v) is 10.4. The summed E-state index contributed by atoms with van der Waals surface area (Å²) >= 11 is 11.7. The maximum Gasteiger partial charge on any atom is 0.242 e. The molecular weight excluding hydrogens is 252 g/mol. The Morgan fingerprint density at radius 3 is 2.56 bits per heavy atom. The van der Waals surface area contributed by atoms with Crippen LogP contribution in [0.4, 0.5) is 4.39 Å². The van der Waals surface area contributed by atoms with Crippen molar-refractivity contribution < 1.29 is 9.18 Å². The van der Waals surface area contributed by atoms with Crippen LogP contribution in [0.3, 0.4) is 0 Å². The zero-order chi connectivity index (χ0) is 12.3. The maximum atomic E-state index is 13.4. The predicted molar refractivity (Wildman–Crippen MR) is 63.3 cm³/mol. The van der Waals surface area contributed by atoms with Crippen molar-refractivity contribution in [2.24, 2.45) is 0 Å². The van der Waals surface area contributed by atoms with Crippen LogP contribution >= 0.6 is 23.2 Å². The predicted octanol–water partition coefficient (Wildman–Crippen LogP) is 3.28. The van der Waals surface area contributed by atoms with Gasteiger partial charge in [0, 0.05) is 16.6 Å². The number of amides is 1. The molecular formula is C11H12Cl2FNO. The number of hydrogen-bond acceptors (Lipinski definition) is 1. The summed E-state index contributed by atoms with van der Waals surface area (Å²) in [6, 6.07) is 4.13. The first-order valence-corrected chi connectivity index (χ1v) is 5.63. The quantitative estimate of drug-likeness (QED) is 0.834. The number of alkyl halides is 1. The van der Waals surface area contributed by atoms with Gasteiger partial charge in [-0.15, -0.1) is 11.6 Å². The van der Waals surface area contributed by atoms with Crippen molar-refractivity contribution in [3.8, 4) is 0 Å². The highest BCUT2D eigenvalue weighted by molar-refractivity contribution is 6.35. The third kappa shape index (κ3) is 3.09. The van der Waals surface area contributed by atoms with Crippen LogP contribution in [0, 0.1) is 5.82 Å². The number of halogens is 3. The van der Waals surface area contributed by atoms with Gasteiger partial charge in [0.15, 0.2) is 0 Å². The van der Waals surface area contributed by atoms with Gasteiger partial charge in [-0.1, -0.05) is 17.7 Å². The fourth-order valence-corrected chi connectivity index (χ4v) is 1.85. The number of carbonyl (C=O) groups is 1. The lowest BCUT2D eigenvalue weighted by atomic mass is 10.1. The lowest BCUT2D eigenvalue weighted by molar-refractivity contribution is -0.121. The summed E-state index contributed by atoms with van der Waals surface area (Å²) in [5, 5.41) is 1.64. The molecule has 1 aromatic rings. The van der Waals surface area contributed by atoms with Gasteiger partial charge < -0.3 is 5.32 Å². The summed E-state index contributed by atoms with van der Waals surface area (Å²) in [5.74, 6) is -1.03. The molecule has 0 heterocycles. The summed E-state index contributed by atoms with van der Waals surface area (Å²) < 4.78 is 13.4. The summed E-state index contributed by atoms with van der Waals surface area (Å²) in [6.45, 7) is 3.59. The molecule has 0 aromatic heterocycles. The van der Waals surface area contributed by atoms with Gasteiger partial charge in [0.25, 0.3) is 0 Å². The average molecular weight is 264 g/mol. The molecule has 0 saturated carbocycles. The number of rotatable bonds is 3. The van der Waals surface area contributed by atoms with Crippen molar-refractivity contribution in [1.29, 1.82) is 0 Å². The Kier molecular flexibility index (Phi) is 4.56. The van der Waals surface area contributed by atoms with Crippen LogP contribution in [-0.2, 0) is 4.79 Å². The summed E-state index contributed by atoms with van der Waals surface area (Å²) in [6.07, 6.45) is 0. The van der Waals surface area contributed by atoms with Crippen molar-refractivity contribution in [2.45, 2.75) is 25.3 Å². The minimum atomic E-state index is -1.11. The second kappa shape index (κ2) is 5.51. The van der Waals surface area contributed by atoms with Crippen LogP contribution in [0.5, 0.6) is 0 Å². The first kappa shape index (κ1) is 13.3. The van der Waals surface area contributed by atoms with Gasteiger partial charge in [0.1, 0.15) is 11.2 Å². The molecule has 5 heteroatoms. The highest BCUT2D eigenvalue weighted by atomic mass is 35.5. The maximum absolute atomic E-state index is 13.4. The van der Waals surface area contributed by atoms with E-state index >= 15 is 0 Å². The first-order valence-electron chi connectivity index (χ1n) is 4.82. The highest BCUT2D eigenvalue weighted by Gasteiger charge is 2.23. The lowest BCUT2D eigenvalue weighted by Gasteiger charge is -2.14. The van der Waals surface area contributed by atoms with E-state index in [1.807, 2.05) is 0 Å². The van der Waals surface area contributed by atoms with Gasteiger partial charge in [-0.25, -0.2) is 4.39 Å². The number of hydrogen-bond donors (Lipinski definition) is 1. The smallest absolute Gasteiger partial charge is 0.242 e. The largest absolute Gasteiger partial charge is 0.352 e. The van der Waals surface area contributed by atoms with Gasteiger partial charge >= 0.3 is 0 Å². The molecule has 0 aliphatic carbocycles. The van der Waals surface area contributed by atoms with Gasteiger partial charge in [-0.2, -0.15) is 0 Å². The lowest BCUT2D eigenvalue weighted by Crippen LogP contribution is -2.33. The Balaban J connectivity index is 2.96. The molecule has 1 unspecified atom stereocenters. The van der Waals surface area contributed by atoms with Crippen molar-refractivity contribution >= 4 is 29.1 Å². The number of benzene rings is 1. The summed E-state index contributed by atoms with van der Waals surface area (Å²) in [5.41, 5.74) is 0.0176. The summed E-state index contributed by atoms with van der Waals surface area (Å²) in [7, 11) is 0. The second-order valence-electron chi connectivity index (χ2n) is 3.66. The van der Waals surface area contributed by atoms with Crippen molar-refractivity contribution in [3.63, 3.8) is 0 Å². The molecule has 1 N–H and O–H groups in total. The van der Waals surface area contributed by atoms with E-state index in [9.17, 15) is 9.18 Å². The average Bonchev–Trinajstić information content (AvgIpc) is 2.16. The monoisotopic (exact) mass is 263 g/mol. The van der Waals surface area contributed by atoms with Crippen LogP contribution in [0.1, 0.15) is 24.8 Å². The van der Waals surface area contributed by atoms with E-state index in [1.54, 1.807) is 13.8 Å². The molecule has 0 aliphatic rings. The summed E-state index contributed by atoms with van der Waals surface area (Å²) in [4.78, 5) is 11.6. The van der Waals surface area contributed by atoms with Gasteiger partial charge in [-0.3, -0.25) is 4.79 Å². The van der Waals surface area contributed by atoms with E-state index in [1.165, 1.54) is 18.2 Å². The van der Waals surface area contributed by atoms with E-state index in [4.69, 9.17) is 23.2 Å². The minimum Gasteiger partial charge on any atom is -0.352 e. The van der Waals surface area contributed by atoms with E-state index in [-0.39, 0.29) is 16.6 Å². The highest BCUT2D eigenvalue weighted by Crippen LogP contribution is 2.30. The molecule has 0 saturated heterocycles. The molecule has 1 atom stereocenters. The third-order valence-corrected chi connectivity index (χ3v) is 2.66. The molecule has 0 bridgehead atoms. The van der Waals surface area contributed by atoms with E-state index in [2.05, 4.69) is 5.32 Å². The molecule has 88 valence electrons. The van der Waals surface area contributed by atoms with Crippen molar-refractivity contribution in [3.05, 3.63) is 34.6 Å². The number of carbonyl (C=O) groups excluding carboxylic acids is 1. The molecule has 0 radical (unpaired) electrons. The third-order valence-electron chi connectivity index (χ3n) is 1.91. The Bertz CT molecular complexity index is 375. The van der Waals surface area contributed by atoms with Crippen LogP contribution in [0.25, 0.3) is 0 Å². The Hall–Kier alpha value is -0.800. The van der Waals surface area contributed by atoms with E-state index < -0.39 is 17.1 Å².